The van der Waals surface area contributed by atoms with Crippen molar-refractivity contribution in [2.45, 2.75) is 0 Å². The van der Waals surface area contributed by atoms with Gasteiger partial charge in [0.1, 0.15) is 5.75 Å². The molecule has 2 N–H and O–H groups in total. The van der Waals surface area contributed by atoms with Gasteiger partial charge >= 0.3 is 0 Å². The van der Waals surface area contributed by atoms with Gasteiger partial charge in [0.15, 0.2) is 0 Å². The van der Waals surface area contributed by atoms with Crippen LogP contribution in [0.5, 0.6) is 5.75 Å². The molecule has 0 bridgehead atoms. The van der Waals surface area contributed by atoms with Gasteiger partial charge in [0.2, 0.25) is 5.91 Å². The first-order valence-electron chi connectivity index (χ1n) is 8.85. The zero-order valence-electron chi connectivity index (χ0n) is 15.7. The molecule has 0 aliphatic rings. The van der Waals surface area contributed by atoms with E-state index in [4.69, 9.17) is 4.74 Å². The topological polar surface area (TPSA) is 67.4 Å². The van der Waals surface area contributed by atoms with E-state index in [0.717, 1.165) is 10.0 Å². The third-order valence-electron chi connectivity index (χ3n) is 4.09. The molecule has 0 radical (unpaired) electrons. The molecule has 5 nitrogen and oxygen atoms in total. The van der Waals surface area contributed by atoms with Crippen LogP contribution in [0.2, 0.25) is 0 Å². The lowest BCUT2D eigenvalue weighted by molar-refractivity contribution is -0.111. The molecule has 0 saturated carbocycles. The van der Waals surface area contributed by atoms with Crippen LogP contribution in [0, 0.1) is 0 Å². The van der Waals surface area contributed by atoms with E-state index >= 15 is 0 Å². The molecule has 0 aliphatic heterocycles. The molecule has 0 fully saturated rings. The van der Waals surface area contributed by atoms with Gasteiger partial charge in [0.05, 0.1) is 12.8 Å². The molecular weight excluding hydrogens is 432 g/mol. The normalized spacial score (nSPS) is 10.6. The predicted octanol–water partition coefficient (Wildman–Crippen LogP) is 5.36. The van der Waals surface area contributed by atoms with Crippen LogP contribution in [0.4, 0.5) is 11.4 Å². The number of anilines is 2. The lowest BCUT2D eigenvalue weighted by atomic mass is 10.1. The van der Waals surface area contributed by atoms with Crippen LogP contribution in [0.25, 0.3) is 6.08 Å². The van der Waals surface area contributed by atoms with Gasteiger partial charge in [0, 0.05) is 21.8 Å². The van der Waals surface area contributed by atoms with Crippen LogP contribution in [0.1, 0.15) is 15.9 Å². The van der Waals surface area contributed by atoms with Crippen molar-refractivity contribution in [1.82, 2.24) is 0 Å². The Hall–Kier alpha value is -3.38. The van der Waals surface area contributed by atoms with Crippen LogP contribution in [-0.2, 0) is 4.79 Å². The molecule has 29 heavy (non-hydrogen) atoms. The summed E-state index contributed by atoms with van der Waals surface area (Å²) in [5.74, 6) is 0.0646. The van der Waals surface area contributed by atoms with Crippen molar-refractivity contribution in [1.29, 1.82) is 0 Å². The van der Waals surface area contributed by atoms with Gasteiger partial charge in [-0.15, -0.1) is 0 Å². The Morgan fingerprint density at radius 2 is 1.59 bits per heavy atom. The van der Waals surface area contributed by atoms with Gasteiger partial charge in [-0.3, -0.25) is 9.59 Å². The smallest absolute Gasteiger partial charge is 0.255 e. The lowest BCUT2D eigenvalue weighted by Crippen LogP contribution is -2.13. The first kappa shape index (κ1) is 20.4. The Kier molecular flexibility index (Phi) is 6.81. The highest BCUT2D eigenvalue weighted by molar-refractivity contribution is 9.10. The summed E-state index contributed by atoms with van der Waals surface area (Å²) in [4.78, 5) is 24.6. The van der Waals surface area contributed by atoms with E-state index in [0.29, 0.717) is 22.7 Å². The molecular formula is C23H19BrN2O3. The van der Waals surface area contributed by atoms with Gasteiger partial charge < -0.3 is 15.4 Å². The molecule has 0 aliphatic carbocycles. The number of nitrogens with one attached hydrogen (secondary N) is 2. The third-order valence-corrected chi connectivity index (χ3v) is 4.81. The van der Waals surface area contributed by atoms with Gasteiger partial charge in [-0.25, -0.2) is 0 Å². The zero-order chi connectivity index (χ0) is 20.6. The molecule has 2 amide bonds. The highest BCUT2D eigenvalue weighted by atomic mass is 79.9. The summed E-state index contributed by atoms with van der Waals surface area (Å²) in [6.07, 6.45) is 3.19. The van der Waals surface area contributed by atoms with Gasteiger partial charge in [-0.2, -0.15) is 0 Å². The van der Waals surface area contributed by atoms with E-state index in [1.807, 2.05) is 36.4 Å². The van der Waals surface area contributed by atoms with E-state index in [2.05, 4.69) is 26.6 Å². The Morgan fingerprint density at radius 3 is 2.31 bits per heavy atom. The minimum atomic E-state index is -0.263. The zero-order valence-corrected chi connectivity index (χ0v) is 17.3. The summed E-state index contributed by atoms with van der Waals surface area (Å²) in [6.45, 7) is 0. The van der Waals surface area contributed by atoms with Crippen LogP contribution in [-0.4, -0.2) is 18.9 Å². The number of halogens is 1. The van der Waals surface area contributed by atoms with E-state index in [1.54, 1.807) is 49.6 Å². The fourth-order valence-corrected chi connectivity index (χ4v) is 3.02. The maximum Gasteiger partial charge on any atom is 0.255 e. The first-order chi connectivity index (χ1) is 14.1. The van der Waals surface area contributed by atoms with Crippen molar-refractivity contribution >= 4 is 45.2 Å². The maximum atomic E-state index is 12.4. The lowest BCUT2D eigenvalue weighted by Gasteiger charge is -2.10. The molecule has 0 aromatic heterocycles. The van der Waals surface area contributed by atoms with Gasteiger partial charge in [0.25, 0.3) is 5.91 Å². The molecule has 0 atom stereocenters. The quantitative estimate of drug-likeness (QED) is 0.496. The summed E-state index contributed by atoms with van der Waals surface area (Å²) in [6, 6.07) is 21.5. The molecule has 6 heteroatoms. The van der Waals surface area contributed by atoms with E-state index in [1.165, 1.54) is 6.08 Å². The Morgan fingerprint density at radius 1 is 0.897 bits per heavy atom. The number of carbonyl (C=O) groups is 2. The van der Waals surface area contributed by atoms with Crippen molar-refractivity contribution < 1.29 is 14.3 Å². The van der Waals surface area contributed by atoms with Crippen molar-refractivity contribution in [3.63, 3.8) is 0 Å². The second-order valence-electron chi connectivity index (χ2n) is 6.08. The summed E-state index contributed by atoms with van der Waals surface area (Å²) in [5, 5.41) is 5.59. The third kappa shape index (κ3) is 5.56. The number of benzene rings is 3. The van der Waals surface area contributed by atoms with Gasteiger partial charge in [-0.1, -0.05) is 46.3 Å². The number of amides is 2. The highest BCUT2D eigenvalue weighted by Crippen LogP contribution is 2.24. The Balaban J connectivity index is 1.61. The molecule has 0 saturated heterocycles. The van der Waals surface area contributed by atoms with E-state index in [9.17, 15) is 9.59 Å². The fraction of sp³-hybridized carbons (Fsp3) is 0.0435. The monoisotopic (exact) mass is 450 g/mol. The fourth-order valence-electron chi connectivity index (χ4n) is 2.61. The second-order valence-corrected chi connectivity index (χ2v) is 6.93. The predicted molar refractivity (Wildman–Crippen MR) is 119 cm³/mol. The van der Waals surface area contributed by atoms with Crippen molar-refractivity contribution in [2.24, 2.45) is 0 Å². The van der Waals surface area contributed by atoms with Crippen LogP contribution < -0.4 is 15.4 Å². The largest absolute Gasteiger partial charge is 0.495 e. The molecule has 3 rings (SSSR count). The molecule has 0 heterocycles. The molecule has 0 spiro atoms. The number of para-hydroxylation sites is 2. The summed E-state index contributed by atoms with van der Waals surface area (Å²) in [7, 11) is 1.55. The summed E-state index contributed by atoms with van der Waals surface area (Å²) >= 11 is 3.44. The standard InChI is InChI=1S/C23H19BrN2O3/c1-29-21-9-5-4-8-20(21)26-23(28)17-10-13-18(14-11-17)25-22(27)15-12-16-6-2-3-7-19(16)24/h2-15H,1H3,(H,25,27)(H,26,28)/b15-12+. The van der Waals surface area contributed by atoms with Crippen LogP contribution >= 0.6 is 15.9 Å². The molecule has 146 valence electrons. The SMILES string of the molecule is COc1ccccc1NC(=O)c1ccc(NC(=O)/C=C/c2ccccc2Br)cc1. The number of carbonyl (C=O) groups excluding carboxylic acids is 2. The van der Waals surface area contributed by atoms with Crippen LogP contribution in [0.15, 0.2) is 83.3 Å². The number of methoxy groups -OCH3 is 1. The average molecular weight is 451 g/mol. The minimum Gasteiger partial charge on any atom is -0.495 e. The second kappa shape index (κ2) is 9.71. The number of rotatable bonds is 6. The van der Waals surface area contributed by atoms with Crippen molar-refractivity contribution in [3.8, 4) is 5.75 Å². The summed E-state index contributed by atoms with van der Waals surface area (Å²) < 4.78 is 6.15. The van der Waals surface area contributed by atoms with Crippen molar-refractivity contribution in [2.75, 3.05) is 17.7 Å². The molecule has 3 aromatic carbocycles. The van der Waals surface area contributed by atoms with E-state index in [-0.39, 0.29) is 11.8 Å². The molecule has 0 unspecified atom stereocenters. The summed E-state index contributed by atoms with van der Waals surface area (Å²) in [5.41, 5.74) is 2.57. The minimum absolute atomic E-state index is 0.257. The first-order valence-corrected chi connectivity index (χ1v) is 9.64. The maximum absolute atomic E-state index is 12.4. The van der Waals surface area contributed by atoms with E-state index < -0.39 is 0 Å². The average Bonchev–Trinajstić information content (AvgIpc) is 2.74. The highest BCUT2D eigenvalue weighted by Gasteiger charge is 2.09. The number of hydrogen-bond acceptors (Lipinski definition) is 3. The number of ether oxygens (including phenoxy) is 1. The molecule has 3 aromatic rings. The van der Waals surface area contributed by atoms with Crippen molar-refractivity contribution in [3.05, 3.63) is 94.5 Å². The number of hydrogen-bond donors (Lipinski definition) is 2. The van der Waals surface area contributed by atoms with Crippen LogP contribution in [0.3, 0.4) is 0 Å². The Bertz CT molecular complexity index is 1050. The van der Waals surface area contributed by atoms with Gasteiger partial charge in [-0.05, 0) is 54.1 Å². The Labute approximate surface area is 177 Å².